The van der Waals surface area contributed by atoms with Crippen LogP contribution in [0.3, 0.4) is 0 Å². The van der Waals surface area contributed by atoms with E-state index in [2.05, 4.69) is 4.37 Å². The maximum absolute atomic E-state index is 11.5. The average molecular weight is 249 g/mol. The number of hydrogen-bond acceptors (Lipinski definition) is 5. The summed E-state index contributed by atoms with van der Waals surface area (Å²) < 4.78 is 26.7. The number of aromatic nitrogens is 1. The maximum atomic E-state index is 11.5. The van der Waals surface area contributed by atoms with Crippen molar-refractivity contribution in [1.82, 2.24) is 4.37 Å². The van der Waals surface area contributed by atoms with Crippen LogP contribution in [0.4, 0.5) is 0 Å². The molecule has 1 aromatic rings. The molecular formula is C8H11NO4S2. The molecule has 0 saturated heterocycles. The van der Waals surface area contributed by atoms with Crippen LogP contribution in [0.1, 0.15) is 29.2 Å². The fraction of sp³-hybridized carbons (Fsp3) is 0.500. The zero-order valence-electron chi connectivity index (χ0n) is 8.30. The van der Waals surface area contributed by atoms with Crippen molar-refractivity contribution in [2.45, 2.75) is 24.9 Å². The van der Waals surface area contributed by atoms with Gasteiger partial charge in [-0.3, -0.25) is 0 Å². The van der Waals surface area contributed by atoms with Gasteiger partial charge in [-0.1, -0.05) is 0 Å². The van der Waals surface area contributed by atoms with Gasteiger partial charge in [-0.25, -0.2) is 13.2 Å². The SMILES string of the molecule is CC(C)S(=O)(=O)Cc1cc(C(=O)O)ns1. The first-order valence-electron chi connectivity index (χ1n) is 4.23. The molecule has 1 rings (SSSR count). The summed E-state index contributed by atoms with van der Waals surface area (Å²) in [6.45, 7) is 3.18. The first kappa shape index (κ1) is 12.1. The highest BCUT2D eigenvalue weighted by Crippen LogP contribution is 2.16. The topological polar surface area (TPSA) is 84.3 Å². The normalized spacial score (nSPS) is 11.9. The Hall–Kier alpha value is -0.950. The minimum Gasteiger partial charge on any atom is -0.476 e. The van der Waals surface area contributed by atoms with Crippen LogP contribution in [0.2, 0.25) is 0 Å². The molecule has 0 aliphatic heterocycles. The van der Waals surface area contributed by atoms with Crippen molar-refractivity contribution < 1.29 is 18.3 Å². The van der Waals surface area contributed by atoms with Crippen molar-refractivity contribution >= 4 is 27.3 Å². The van der Waals surface area contributed by atoms with Gasteiger partial charge < -0.3 is 5.11 Å². The first-order valence-corrected chi connectivity index (χ1v) is 6.72. The molecule has 0 bridgehead atoms. The Morgan fingerprint density at radius 1 is 1.60 bits per heavy atom. The van der Waals surface area contributed by atoms with Crippen LogP contribution in [0, 0.1) is 0 Å². The predicted octanol–water partition coefficient (Wildman–Crippen LogP) is 1.16. The van der Waals surface area contributed by atoms with Crippen LogP contribution < -0.4 is 0 Å². The van der Waals surface area contributed by atoms with E-state index >= 15 is 0 Å². The third-order valence-electron chi connectivity index (χ3n) is 1.84. The zero-order chi connectivity index (χ0) is 11.6. The van der Waals surface area contributed by atoms with Crippen molar-refractivity contribution in [3.05, 3.63) is 16.6 Å². The number of sulfone groups is 1. The van der Waals surface area contributed by atoms with Crippen LogP contribution in [0.25, 0.3) is 0 Å². The number of hydrogen-bond donors (Lipinski definition) is 1. The summed E-state index contributed by atoms with van der Waals surface area (Å²) in [7, 11) is -3.19. The van der Waals surface area contributed by atoms with E-state index in [1.165, 1.54) is 6.07 Å². The van der Waals surface area contributed by atoms with Crippen LogP contribution in [-0.4, -0.2) is 29.1 Å². The summed E-state index contributed by atoms with van der Waals surface area (Å²) in [6, 6.07) is 1.30. The van der Waals surface area contributed by atoms with Crippen LogP contribution in [0.15, 0.2) is 6.07 Å². The van der Waals surface area contributed by atoms with Gasteiger partial charge in [-0.05, 0) is 31.4 Å². The lowest BCUT2D eigenvalue weighted by molar-refractivity contribution is 0.0692. The number of carboxylic acid groups (broad SMARTS) is 1. The molecule has 0 saturated carbocycles. The molecule has 0 fully saturated rings. The molecule has 84 valence electrons. The Kier molecular flexibility index (Phi) is 3.46. The second-order valence-corrected chi connectivity index (χ2v) is 6.79. The van der Waals surface area contributed by atoms with Gasteiger partial charge in [0.2, 0.25) is 0 Å². The van der Waals surface area contributed by atoms with E-state index in [1.54, 1.807) is 13.8 Å². The molecule has 0 radical (unpaired) electrons. The van der Waals surface area contributed by atoms with Gasteiger partial charge in [0.25, 0.3) is 0 Å². The number of rotatable bonds is 4. The average Bonchev–Trinajstić information content (AvgIpc) is 2.51. The third-order valence-corrected chi connectivity index (χ3v) is 4.96. The number of carbonyl (C=O) groups is 1. The van der Waals surface area contributed by atoms with Gasteiger partial charge >= 0.3 is 5.97 Å². The molecule has 0 atom stereocenters. The first-order chi connectivity index (χ1) is 6.83. The van der Waals surface area contributed by atoms with Crippen molar-refractivity contribution in [2.75, 3.05) is 0 Å². The van der Waals surface area contributed by atoms with Crippen LogP contribution in [-0.2, 0) is 15.6 Å². The van der Waals surface area contributed by atoms with Crippen molar-refractivity contribution in [3.63, 3.8) is 0 Å². The van der Waals surface area contributed by atoms with E-state index in [9.17, 15) is 13.2 Å². The van der Waals surface area contributed by atoms with E-state index in [0.717, 1.165) is 11.5 Å². The van der Waals surface area contributed by atoms with Crippen molar-refractivity contribution in [2.24, 2.45) is 0 Å². The predicted molar refractivity (Wildman–Crippen MR) is 56.8 cm³/mol. The highest BCUT2D eigenvalue weighted by atomic mass is 32.2. The molecule has 0 amide bonds. The van der Waals surface area contributed by atoms with Crippen LogP contribution in [0.5, 0.6) is 0 Å². The Balaban J connectivity index is 2.87. The molecule has 1 aromatic heterocycles. The lowest BCUT2D eigenvalue weighted by Crippen LogP contribution is -2.15. The molecule has 0 aliphatic rings. The quantitative estimate of drug-likeness (QED) is 0.865. The Morgan fingerprint density at radius 3 is 2.60 bits per heavy atom. The van der Waals surface area contributed by atoms with E-state index in [4.69, 9.17) is 5.11 Å². The summed E-state index contributed by atoms with van der Waals surface area (Å²) in [6.07, 6.45) is 0. The Labute approximate surface area is 91.8 Å². The minimum atomic E-state index is -3.19. The number of carboxylic acids is 1. The second-order valence-electron chi connectivity index (χ2n) is 3.34. The molecule has 1 heterocycles. The van der Waals surface area contributed by atoms with E-state index < -0.39 is 21.1 Å². The molecule has 0 aliphatic carbocycles. The smallest absolute Gasteiger partial charge is 0.355 e. The van der Waals surface area contributed by atoms with Gasteiger partial charge in [0.15, 0.2) is 15.5 Å². The molecule has 15 heavy (non-hydrogen) atoms. The van der Waals surface area contributed by atoms with Gasteiger partial charge in [0.1, 0.15) is 0 Å². The van der Waals surface area contributed by atoms with Gasteiger partial charge in [0, 0.05) is 4.88 Å². The summed E-state index contributed by atoms with van der Waals surface area (Å²) in [4.78, 5) is 11.0. The van der Waals surface area contributed by atoms with E-state index in [0.29, 0.717) is 4.88 Å². The number of nitrogens with zero attached hydrogens (tertiary/aromatic N) is 1. The Morgan fingerprint density at radius 2 is 2.20 bits per heavy atom. The lowest BCUT2D eigenvalue weighted by atomic mass is 10.4. The fourth-order valence-corrected chi connectivity index (χ4v) is 2.87. The summed E-state index contributed by atoms with van der Waals surface area (Å²) in [5.74, 6) is -1.28. The monoisotopic (exact) mass is 249 g/mol. The largest absolute Gasteiger partial charge is 0.476 e. The Bertz CT molecular complexity index is 461. The van der Waals surface area contributed by atoms with E-state index in [-0.39, 0.29) is 11.4 Å². The molecule has 1 N–H and O–H groups in total. The highest BCUT2D eigenvalue weighted by molar-refractivity contribution is 7.91. The van der Waals surface area contributed by atoms with Gasteiger partial charge in [-0.15, -0.1) is 0 Å². The molecule has 7 heteroatoms. The fourth-order valence-electron chi connectivity index (χ4n) is 0.847. The van der Waals surface area contributed by atoms with Crippen molar-refractivity contribution in [3.8, 4) is 0 Å². The third kappa shape index (κ3) is 3.00. The molecular weight excluding hydrogens is 238 g/mol. The molecule has 5 nitrogen and oxygen atoms in total. The maximum Gasteiger partial charge on any atom is 0.355 e. The summed E-state index contributed by atoms with van der Waals surface area (Å²) >= 11 is 0.912. The summed E-state index contributed by atoms with van der Waals surface area (Å²) in [5, 5.41) is 8.14. The van der Waals surface area contributed by atoms with Crippen LogP contribution >= 0.6 is 11.5 Å². The molecule has 0 spiro atoms. The summed E-state index contributed by atoms with van der Waals surface area (Å²) in [5.41, 5.74) is -0.103. The second kappa shape index (κ2) is 4.28. The number of aromatic carboxylic acids is 1. The molecule has 0 unspecified atom stereocenters. The standard InChI is InChI=1S/C8H11NO4S2/c1-5(2)15(12,13)4-6-3-7(8(10)11)9-14-6/h3,5H,4H2,1-2H3,(H,10,11). The van der Waals surface area contributed by atoms with E-state index in [1.807, 2.05) is 0 Å². The van der Waals surface area contributed by atoms with Crippen molar-refractivity contribution in [1.29, 1.82) is 0 Å². The minimum absolute atomic E-state index is 0.103. The van der Waals surface area contributed by atoms with Gasteiger partial charge in [-0.2, -0.15) is 4.37 Å². The van der Waals surface area contributed by atoms with Gasteiger partial charge in [0.05, 0.1) is 11.0 Å². The highest BCUT2D eigenvalue weighted by Gasteiger charge is 2.19. The lowest BCUT2D eigenvalue weighted by Gasteiger charge is -2.04. The molecule has 0 aromatic carbocycles. The zero-order valence-corrected chi connectivity index (χ0v) is 9.93.